The first-order valence-corrected chi connectivity index (χ1v) is 8.77. The molecule has 6 nitrogen and oxygen atoms in total. The average Bonchev–Trinajstić information content (AvgIpc) is 2.68. The van der Waals surface area contributed by atoms with Crippen LogP contribution in [0.3, 0.4) is 0 Å². The summed E-state index contributed by atoms with van der Waals surface area (Å²) in [5, 5.41) is 3.50. The number of halogens is 1. The molecule has 1 heterocycles. The Hall–Kier alpha value is -2.60. The second-order valence-electron chi connectivity index (χ2n) is 5.92. The molecule has 3 rings (SSSR count). The van der Waals surface area contributed by atoms with Crippen LogP contribution in [-0.2, 0) is 0 Å². The van der Waals surface area contributed by atoms with Crippen molar-refractivity contribution in [2.45, 2.75) is 0 Å². The molecule has 0 aromatic heterocycles. The molecule has 1 N–H and O–H groups in total. The fraction of sp³-hybridized carbons (Fsp3) is 0.316. The molecule has 0 aliphatic carbocycles. The zero-order valence-electron chi connectivity index (χ0n) is 14.9. The summed E-state index contributed by atoms with van der Waals surface area (Å²) >= 11 is 6.21. The minimum absolute atomic E-state index is 0.123. The first-order chi connectivity index (χ1) is 12.6. The highest BCUT2D eigenvalue weighted by Crippen LogP contribution is 2.30. The van der Waals surface area contributed by atoms with Gasteiger partial charge in [0.2, 0.25) is 0 Å². The minimum Gasteiger partial charge on any atom is -0.495 e. The lowest BCUT2D eigenvalue weighted by Crippen LogP contribution is -2.50. The molecule has 1 aliphatic heterocycles. The molecule has 1 saturated heterocycles. The fourth-order valence-corrected chi connectivity index (χ4v) is 3.21. The summed E-state index contributed by atoms with van der Waals surface area (Å²) in [6.45, 7) is 2.74. The zero-order valence-corrected chi connectivity index (χ0v) is 15.6. The molecule has 2 amide bonds. The van der Waals surface area contributed by atoms with Crippen LogP contribution in [0.2, 0.25) is 5.02 Å². The van der Waals surface area contributed by atoms with Crippen molar-refractivity contribution in [1.29, 1.82) is 0 Å². The van der Waals surface area contributed by atoms with E-state index in [0.717, 1.165) is 18.8 Å². The molecular weight excluding hydrogens is 354 g/mol. The number of nitrogens with zero attached hydrogens (tertiary/aromatic N) is 2. The number of methoxy groups -OCH3 is 2. The highest BCUT2D eigenvalue weighted by molar-refractivity contribution is 6.32. The van der Waals surface area contributed by atoms with Crippen LogP contribution in [-0.4, -0.2) is 51.3 Å². The van der Waals surface area contributed by atoms with Crippen molar-refractivity contribution in [2.75, 3.05) is 50.6 Å². The van der Waals surface area contributed by atoms with Crippen LogP contribution >= 0.6 is 11.6 Å². The molecular formula is C19H22ClN3O3. The van der Waals surface area contributed by atoms with Crippen LogP contribution in [0.1, 0.15) is 0 Å². The summed E-state index contributed by atoms with van der Waals surface area (Å²) in [5.41, 5.74) is 1.70. The quantitative estimate of drug-likeness (QED) is 0.885. The van der Waals surface area contributed by atoms with Gasteiger partial charge in [-0.1, -0.05) is 23.7 Å². The van der Waals surface area contributed by atoms with E-state index < -0.39 is 0 Å². The van der Waals surface area contributed by atoms with E-state index in [-0.39, 0.29) is 6.03 Å². The Morgan fingerprint density at radius 1 is 1.00 bits per heavy atom. The molecule has 26 heavy (non-hydrogen) atoms. The van der Waals surface area contributed by atoms with E-state index in [0.29, 0.717) is 35.3 Å². The highest BCUT2D eigenvalue weighted by Gasteiger charge is 2.22. The molecule has 7 heteroatoms. The Balaban J connectivity index is 1.59. The third-order valence-electron chi connectivity index (χ3n) is 4.42. The maximum atomic E-state index is 12.5. The van der Waals surface area contributed by atoms with Crippen LogP contribution in [0, 0.1) is 0 Å². The summed E-state index contributed by atoms with van der Waals surface area (Å²) in [6, 6.07) is 13.0. The van der Waals surface area contributed by atoms with E-state index in [1.807, 2.05) is 42.5 Å². The lowest BCUT2D eigenvalue weighted by Gasteiger charge is -2.36. The molecule has 1 aliphatic rings. The molecule has 0 bridgehead atoms. The van der Waals surface area contributed by atoms with Gasteiger partial charge in [0.25, 0.3) is 0 Å². The van der Waals surface area contributed by atoms with Crippen molar-refractivity contribution >= 4 is 29.0 Å². The van der Waals surface area contributed by atoms with E-state index in [9.17, 15) is 4.79 Å². The average molecular weight is 376 g/mol. The summed E-state index contributed by atoms with van der Waals surface area (Å²) < 4.78 is 10.5. The van der Waals surface area contributed by atoms with E-state index in [1.165, 1.54) is 0 Å². The highest BCUT2D eigenvalue weighted by atomic mass is 35.5. The summed E-state index contributed by atoms with van der Waals surface area (Å²) in [6.07, 6.45) is 0. The van der Waals surface area contributed by atoms with E-state index in [4.69, 9.17) is 21.1 Å². The van der Waals surface area contributed by atoms with Crippen LogP contribution in [0.15, 0.2) is 42.5 Å². The topological polar surface area (TPSA) is 54.0 Å². The normalized spacial score (nSPS) is 14.1. The smallest absolute Gasteiger partial charge is 0.322 e. The SMILES string of the molecule is COc1ccc(N2CCN(C(=O)Nc3ccccc3OC)CC2)cc1Cl. The first kappa shape index (κ1) is 18.2. The molecule has 2 aromatic rings. The largest absolute Gasteiger partial charge is 0.495 e. The van der Waals surface area contributed by atoms with Crippen LogP contribution in [0.25, 0.3) is 0 Å². The number of nitrogens with one attached hydrogen (secondary N) is 1. The molecule has 0 atom stereocenters. The predicted molar refractivity (Wildman–Crippen MR) is 104 cm³/mol. The zero-order chi connectivity index (χ0) is 18.5. The third-order valence-corrected chi connectivity index (χ3v) is 4.71. The number of amides is 2. The van der Waals surface area contributed by atoms with E-state index in [1.54, 1.807) is 19.1 Å². The minimum atomic E-state index is -0.123. The molecule has 0 unspecified atom stereocenters. The number of ether oxygens (including phenoxy) is 2. The first-order valence-electron chi connectivity index (χ1n) is 8.40. The third kappa shape index (κ3) is 3.96. The Morgan fingerprint density at radius 3 is 2.35 bits per heavy atom. The van der Waals surface area contributed by atoms with Gasteiger partial charge >= 0.3 is 6.03 Å². The lowest BCUT2D eigenvalue weighted by atomic mass is 10.2. The van der Waals surface area contributed by atoms with Gasteiger partial charge in [-0.15, -0.1) is 0 Å². The van der Waals surface area contributed by atoms with Crippen LogP contribution in [0.5, 0.6) is 11.5 Å². The fourth-order valence-electron chi connectivity index (χ4n) is 2.96. The summed E-state index contributed by atoms with van der Waals surface area (Å²) in [4.78, 5) is 16.5. The van der Waals surface area contributed by atoms with Crippen LogP contribution < -0.4 is 19.7 Å². The summed E-state index contributed by atoms with van der Waals surface area (Å²) in [7, 11) is 3.18. The van der Waals surface area contributed by atoms with Crippen molar-refractivity contribution < 1.29 is 14.3 Å². The number of urea groups is 1. The predicted octanol–water partition coefficient (Wildman–Crippen LogP) is 3.71. The number of piperazine rings is 1. The number of anilines is 2. The maximum Gasteiger partial charge on any atom is 0.322 e. The number of carbonyl (C=O) groups excluding carboxylic acids is 1. The van der Waals surface area contributed by atoms with Gasteiger partial charge in [0.15, 0.2) is 0 Å². The Morgan fingerprint density at radius 2 is 1.69 bits per heavy atom. The van der Waals surface area contributed by atoms with Crippen molar-refractivity contribution in [1.82, 2.24) is 4.90 Å². The number of carbonyl (C=O) groups is 1. The van der Waals surface area contributed by atoms with Gasteiger partial charge < -0.3 is 24.6 Å². The number of hydrogen-bond donors (Lipinski definition) is 1. The standard InChI is InChI=1S/C19H22ClN3O3/c1-25-17-8-7-14(13-15(17)20)22-9-11-23(12-10-22)19(24)21-16-5-3-4-6-18(16)26-2/h3-8,13H,9-12H2,1-2H3,(H,21,24). The van der Waals surface area contributed by atoms with Gasteiger partial charge in [-0.3, -0.25) is 0 Å². The van der Waals surface area contributed by atoms with Gasteiger partial charge in [0.1, 0.15) is 11.5 Å². The number of hydrogen-bond acceptors (Lipinski definition) is 4. The van der Waals surface area contributed by atoms with E-state index in [2.05, 4.69) is 10.2 Å². The Labute approximate surface area is 158 Å². The monoisotopic (exact) mass is 375 g/mol. The molecule has 0 spiro atoms. The van der Waals surface area contributed by atoms with Crippen molar-refractivity contribution in [3.8, 4) is 11.5 Å². The maximum absolute atomic E-state index is 12.5. The molecule has 0 radical (unpaired) electrons. The summed E-state index contributed by atoms with van der Waals surface area (Å²) in [5.74, 6) is 1.30. The molecule has 0 saturated carbocycles. The van der Waals surface area contributed by atoms with Gasteiger partial charge in [-0.05, 0) is 30.3 Å². The second-order valence-corrected chi connectivity index (χ2v) is 6.33. The second kappa shape index (κ2) is 8.19. The van der Waals surface area contributed by atoms with Gasteiger partial charge in [0.05, 0.1) is 24.9 Å². The lowest BCUT2D eigenvalue weighted by molar-refractivity contribution is 0.208. The number of rotatable bonds is 4. The Bertz CT molecular complexity index is 776. The van der Waals surface area contributed by atoms with Gasteiger partial charge in [-0.2, -0.15) is 0 Å². The number of benzene rings is 2. The molecule has 1 fully saturated rings. The number of para-hydroxylation sites is 2. The van der Waals surface area contributed by atoms with Crippen molar-refractivity contribution in [2.24, 2.45) is 0 Å². The van der Waals surface area contributed by atoms with Gasteiger partial charge in [0, 0.05) is 31.9 Å². The molecule has 2 aromatic carbocycles. The van der Waals surface area contributed by atoms with Gasteiger partial charge in [-0.25, -0.2) is 4.79 Å². The Kier molecular flexibility index (Phi) is 5.73. The van der Waals surface area contributed by atoms with E-state index >= 15 is 0 Å². The van der Waals surface area contributed by atoms with Crippen LogP contribution in [0.4, 0.5) is 16.2 Å². The van der Waals surface area contributed by atoms with Crippen molar-refractivity contribution in [3.05, 3.63) is 47.5 Å². The van der Waals surface area contributed by atoms with Crippen molar-refractivity contribution in [3.63, 3.8) is 0 Å². The molecule has 138 valence electrons.